The Hall–Kier alpha value is -2.84. The maximum Gasteiger partial charge on any atom is 0.135 e. The maximum absolute atomic E-state index is 15.7. The molecule has 0 amide bonds. The van der Waals surface area contributed by atoms with E-state index in [1.54, 1.807) is 12.1 Å². The van der Waals surface area contributed by atoms with Crippen molar-refractivity contribution < 1.29 is 17.9 Å². The van der Waals surface area contributed by atoms with Crippen molar-refractivity contribution in [3.05, 3.63) is 93.3 Å². The lowest BCUT2D eigenvalue weighted by atomic mass is 9.87. The van der Waals surface area contributed by atoms with Crippen LogP contribution in [0.3, 0.4) is 0 Å². The normalized spacial score (nSPS) is 18.4. The molecular formula is C28H27BrF3N3O. The first-order valence-corrected chi connectivity index (χ1v) is 12.7. The van der Waals surface area contributed by atoms with Crippen molar-refractivity contribution in [1.82, 2.24) is 14.9 Å². The fourth-order valence-electron chi connectivity index (χ4n) is 5.09. The highest BCUT2D eigenvalue weighted by Crippen LogP contribution is 2.43. The van der Waals surface area contributed by atoms with Crippen LogP contribution in [0.5, 0.6) is 5.75 Å². The quantitative estimate of drug-likeness (QED) is 0.253. The standard InChI is InChI=1S/C28H27BrF3N3O/c1-16-11-20-19-8-4-5-9-23(19)34-26(20)27(35(16)15-28(2,3)32)25-21(30)12-18(13-22(25)31)36-14-17-7-6-10-24(29)33-17/h4-10,12-13,16,27,34H,11,14-15H2,1-3H3/t16-,27-/m1/s1. The molecule has 0 aliphatic carbocycles. The number of rotatable bonds is 6. The molecule has 36 heavy (non-hydrogen) atoms. The molecule has 1 aliphatic rings. The monoisotopic (exact) mass is 557 g/mol. The van der Waals surface area contributed by atoms with E-state index in [1.165, 1.54) is 26.0 Å². The van der Waals surface area contributed by atoms with Gasteiger partial charge < -0.3 is 9.72 Å². The van der Waals surface area contributed by atoms with Crippen LogP contribution in [-0.2, 0) is 13.0 Å². The van der Waals surface area contributed by atoms with Gasteiger partial charge in [0.05, 0.1) is 11.7 Å². The first-order valence-electron chi connectivity index (χ1n) is 11.9. The summed E-state index contributed by atoms with van der Waals surface area (Å²) in [5.74, 6) is -1.41. The second-order valence-corrected chi connectivity index (χ2v) is 10.8. The molecule has 0 radical (unpaired) electrons. The Morgan fingerprint density at radius 1 is 1.11 bits per heavy atom. The highest BCUT2D eigenvalue weighted by atomic mass is 79.9. The van der Waals surface area contributed by atoms with Crippen molar-refractivity contribution in [1.29, 1.82) is 0 Å². The van der Waals surface area contributed by atoms with Crippen LogP contribution >= 0.6 is 15.9 Å². The minimum Gasteiger partial charge on any atom is -0.487 e. The van der Waals surface area contributed by atoms with E-state index in [4.69, 9.17) is 4.74 Å². The molecule has 3 heterocycles. The molecule has 8 heteroatoms. The molecule has 2 atom stereocenters. The lowest BCUT2D eigenvalue weighted by molar-refractivity contribution is 0.0642. The zero-order chi connectivity index (χ0) is 25.6. The largest absolute Gasteiger partial charge is 0.487 e. The Morgan fingerprint density at radius 2 is 1.83 bits per heavy atom. The van der Waals surface area contributed by atoms with Crippen molar-refractivity contribution in [3.8, 4) is 5.75 Å². The van der Waals surface area contributed by atoms with Crippen LogP contribution in [0.1, 0.15) is 49.3 Å². The zero-order valence-electron chi connectivity index (χ0n) is 20.3. The zero-order valence-corrected chi connectivity index (χ0v) is 21.9. The number of halogens is 4. The van der Waals surface area contributed by atoms with Gasteiger partial charge in [0.2, 0.25) is 0 Å². The van der Waals surface area contributed by atoms with Crippen molar-refractivity contribution in [2.45, 2.75) is 51.6 Å². The molecule has 0 bridgehead atoms. The summed E-state index contributed by atoms with van der Waals surface area (Å²) >= 11 is 3.30. The summed E-state index contributed by atoms with van der Waals surface area (Å²) < 4.78 is 52.6. The van der Waals surface area contributed by atoms with Crippen molar-refractivity contribution >= 4 is 26.8 Å². The number of ether oxygens (including phenoxy) is 1. The second kappa shape index (κ2) is 9.56. The minimum absolute atomic E-state index is 0.0271. The summed E-state index contributed by atoms with van der Waals surface area (Å²) in [5.41, 5.74) is 1.55. The first kappa shape index (κ1) is 24.8. The van der Waals surface area contributed by atoms with Gasteiger partial charge in [-0.3, -0.25) is 4.90 Å². The molecule has 0 fully saturated rings. The number of fused-ring (bicyclic) bond motifs is 3. The molecule has 4 aromatic rings. The Labute approximate surface area is 216 Å². The minimum atomic E-state index is -1.55. The lowest BCUT2D eigenvalue weighted by Gasteiger charge is -2.43. The smallest absolute Gasteiger partial charge is 0.135 e. The Bertz CT molecular complexity index is 1390. The van der Waals surface area contributed by atoms with Gasteiger partial charge in [-0.25, -0.2) is 18.2 Å². The van der Waals surface area contributed by atoms with E-state index in [0.717, 1.165) is 16.5 Å². The summed E-state index contributed by atoms with van der Waals surface area (Å²) in [5, 5.41) is 1.02. The van der Waals surface area contributed by atoms with Gasteiger partial charge >= 0.3 is 0 Å². The average Bonchev–Trinajstić information content (AvgIpc) is 3.16. The fourth-order valence-corrected chi connectivity index (χ4v) is 5.47. The highest BCUT2D eigenvalue weighted by Gasteiger charge is 2.41. The van der Waals surface area contributed by atoms with Crippen molar-refractivity contribution in [3.63, 3.8) is 0 Å². The molecule has 2 aromatic heterocycles. The van der Waals surface area contributed by atoms with Gasteiger partial charge in [-0.2, -0.15) is 0 Å². The molecule has 4 nitrogen and oxygen atoms in total. The molecule has 0 unspecified atom stereocenters. The van der Waals surface area contributed by atoms with E-state index in [-0.39, 0.29) is 30.5 Å². The third-order valence-electron chi connectivity index (χ3n) is 6.56. The summed E-state index contributed by atoms with van der Waals surface area (Å²) in [6, 6.07) is 14.6. The molecule has 0 spiro atoms. The molecule has 0 saturated heterocycles. The van der Waals surface area contributed by atoms with Crippen LogP contribution in [-0.4, -0.2) is 33.1 Å². The SMILES string of the molecule is C[C@@H]1Cc2c([nH]c3ccccc23)[C@@H](c2c(F)cc(OCc3cccc(Br)n3)cc2F)N1CC(C)(C)F. The fraction of sp³-hybridized carbons (Fsp3) is 0.321. The number of hydrogen-bond donors (Lipinski definition) is 1. The molecule has 188 valence electrons. The van der Waals surface area contributed by atoms with Crippen LogP contribution in [0, 0.1) is 11.6 Å². The third-order valence-corrected chi connectivity index (χ3v) is 7.00. The summed E-state index contributed by atoms with van der Waals surface area (Å²) in [6.45, 7) is 5.03. The number of pyridine rings is 1. The van der Waals surface area contributed by atoms with Crippen molar-refractivity contribution in [2.75, 3.05) is 6.54 Å². The molecule has 5 rings (SSSR count). The first-order chi connectivity index (χ1) is 17.1. The summed E-state index contributed by atoms with van der Waals surface area (Å²) in [6.07, 6.45) is 0.649. The third kappa shape index (κ3) is 4.89. The molecule has 1 N–H and O–H groups in total. The Balaban J connectivity index is 1.57. The van der Waals surface area contributed by atoms with Crippen LogP contribution < -0.4 is 4.74 Å². The Kier molecular flexibility index (Phi) is 6.59. The Morgan fingerprint density at radius 3 is 2.53 bits per heavy atom. The number of aromatic amines is 1. The van der Waals surface area contributed by atoms with Gasteiger partial charge in [0.15, 0.2) is 0 Å². The van der Waals surface area contributed by atoms with E-state index in [9.17, 15) is 4.39 Å². The average molecular weight is 558 g/mol. The van der Waals surface area contributed by atoms with E-state index in [1.807, 2.05) is 42.2 Å². The number of para-hydroxylation sites is 1. The predicted octanol–water partition coefficient (Wildman–Crippen LogP) is 7.27. The number of aromatic nitrogens is 2. The van der Waals surface area contributed by atoms with Gasteiger partial charge in [0, 0.05) is 46.9 Å². The van der Waals surface area contributed by atoms with Gasteiger partial charge in [-0.1, -0.05) is 24.3 Å². The second-order valence-electron chi connectivity index (χ2n) is 9.95. The van der Waals surface area contributed by atoms with Crippen LogP contribution in [0.4, 0.5) is 13.2 Å². The molecule has 1 aliphatic heterocycles. The van der Waals surface area contributed by atoms with E-state index < -0.39 is 23.3 Å². The van der Waals surface area contributed by atoms with Crippen LogP contribution in [0.25, 0.3) is 10.9 Å². The van der Waals surface area contributed by atoms with E-state index in [0.29, 0.717) is 22.4 Å². The number of hydrogen-bond acceptors (Lipinski definition) is 3. The van der Waals surface area contributed by atoms with Gasteiger partial charge in [-0.05, 0) is 66.9 Å². The van der Waals surface area contributed by atoms with Crippen LogP contribution in [0.2, 0.25) is 0 Å². The summed E-state index contributed by atoms with van der Waals surface area (Å²) in [7, 11) is 0. The number of nitrogens with one attached hydrogen (secondary N) is 1. The predicted molar refractivity (Wildman–Crippen MR) is 138 cm³/mol. The molecule has 0 saturated carbocycles. The topological polar surface area (TPSA) is 41.1 Å². The highest BCUT2D eigenvalue weighted by molar-refractivity contribution is 9.10. The molecule has 2 aromatic carbocycles. The summed E-state index contributed by atoms with van der Waals surface area (Å²) in [4.78, 5) is 9.51. The maximum atomic E-state index is 15.7. The number of nitrogens with zero attached hydrogens (tertiary/aromatic N) is 2. The lowest BCUT2D eigenvalue weighted by Crippen LogP contribution is -2.48. The van der Waals surface area contributed by atoms with E-state index >= 15 is 8.78 Å². The van der Waals surface area contributed by atoms with Gasteiger partial charge in [0.1, 0.15) is 34.3 Å². The number of benzene rings is 2. The molecular weight excluding hydrogens is 531 g/mol. The van der Waals surface area contributed by atoms with Crippen LogP contribution in [0.15, 0.2) is 59.2 Å². The number of H-pyrrole nitrogens is 1. The van der Waals surface area contributed by atoms with Gasteiger partial charge in [0.25, 0.3) is 0 Å². The van der Waals surface area contributed by atoms with E-state index in [2.05, 4.69) is 25.9 Å². The van der Waals surface area contributed by atoms with Gasteiger partial charge in [-0.15, -0.1) is 0 Å². The number of alkyl halides is 1. The van der Waals surface area contributed by atoms with Crippen molar-refractivity contribution in [2.24, 2.45) is 0 Å².